The van der Waals surface area contributed by atoms with Gasteiger partial charge in [-0.05, 0) is 62.3 Å². The molecule has 6 heteroatoms. The van der Waals surface area contributed by atoms with Gasteiger partial charge >= 0.3 is 7.60 Å². The minimum atomic E-state index is -3.62. The highest BCUT2D eigenvalue weighted by Crippen LogP contribution is 2.60. The Kier molecular flexibility index (Phi) is 8.32. The topological polar surface area (TPSA) is 72.8 Å². The van der Waals surface area contributed by atoms with Gasteiger partial charge in [0.25, 0.3) is 0 Å². The van der Waals surface area contributed by atoms with E-state index >= 15 is 0 Å². The Morgan fingerprint density at radius 1 is 0.933 bits per heavy atom. The van der Waals surface area contributed by atoms with Gasteiger partial charge in [0.05, 0.1) is 13.2 Å². The lowest BCUT2D eigenvalue weighted by Gasteiger charge is -2.30. The van der Waals surface area contributed by atoms with Crippen molar-refractivity contribution in [2.24, 2.45) is 0 Å². The molecule has 0 aliphatic carbocycles. The molecule has 30 heavy (non-hydrogen) atoms. The van der Waals surface area contributed by atoms with E-state index in [0.717, 1.165) is 16.7 Å². The van der Waals surface area contributed by atoms with Gasteiger partial charge in [-0.3, -0.25) is 9.36 Å². The first kappa shape index (κ1) is 26.6. The first-order valence-corrected chi connectivity index (χ1v) is 12.0. The highest BCUT2D eigenvalue weighted by molar-refractivity contribution is 7.56. The summed E-state index contributed by atoms with van der Waals surface area (Å²) in [6.07, 6.45) is 3.13. The molecule has 0 bridgehead atoms. The Labute approximate surface area is 182 Å². The molecule has 0 saturated heterocycles. The van der Waals surface area contributed by atoms with Crippen molar-refractivity contribution in [1.29, 1.82) is 0 Å². The highest BCUT2D eigenvalue weighted by Gasteiger charge is 2.48. The van der Waals surface area contributed by atoms with Crippen LogP contribution < -0.4 is 0 Å². The van der Waals surface area contributed by atoms with Crippen LogP contribution in [0, 0.1) is 0 Å². The average Bonchev–Trinajstić information content (AvgIpc) is 2.58. The maximum Gasteiger partial charge on any atom is 0.343 e. The number of benzene rings is 1. The molecule has 0 fully saturated rings. The van der Waals surface area contributed by atoms with Crippen LogP contribution in [-0.2, 0) is 29.2 Å². The third-order valence-corrected chi connectivity index (χ3v) is 7.85. The predicted octanol–water partition coefficient (Wildman–Crippen LogP) is 6.61. The van der Waals surface area contributed by atoms with E-state index in [0.29, 0.717) is 0 Å². The van der Waals surface area contributed by atoms with Crippen molar-refractivity contribution < 1.29 is 23.5 Å². The lowest BCUT2D eigenvalue weighted by Crippen LogP contribution is -2.32. The van der Waals surface area contributed by atoms with E-state index in [1.54, 1.807) is 33.8 Å². The molecule has 0 spiro atoms. The molecule has 1 aromatic rings. The Bertz CT molecular complexity index is 793. The van der Waals surface area contributed by atoms with Crippen LogP contribution in [0.1, 0.15) is 85.9 Å². The van der Waals surface area contributed by atoms with Gasteiger partial charge in [-0.2, -0.15) is 0 Å². The maximum atomic E-state index is 13.2. The molecule has 0 aromatic heterocycles. The minimum Gasteiger partial charge on any atom is -0.507 e. The van der Waals surface area contributed by atoms with E-state index in [1.165, 1.54) is 6.08 Å². The van der Waals surface area contributed by atoms with E-state index in [4.69, 9.17) is 9.05 Å². The van der Waals surface area contributed by atoms with E-state index in [1.807, 2.05) is 53.7 Å². The summed E-state index contributed by atoms with van der Waals surface area (Å²) in [5, 5.41) is 9.54. The molecular formula is C24H39O5P. The van der Waals surface area contributed by atoms with Crippen molar-refractivity contribution in [2.75, 3.05) is 13.2 Å². The van der Waals surface area contributed by atoms with E-state index in [2.05, 4.69) is 0 Å². The average molecular weight is 439 g/mol. The molecule has 1 rings (SSSR count). The molecule has 170 valence electrons. The molecule has 1 N–H and O–H groups in total. The summed E-state index contributed by atoms with van der Waals surface area (Å²) in [4.78, 5) is 13.0. The van der Waals surface area contributed by atoms with Crippen LogP contribution in [0.3, 0.4) is 0 Å². The Hall–Kier alpha value is -1.42. The number of phenols is 1. The van der Waals surface area contributed by atoms with Crippen LogP contribution in [0.5, 0.6) is 5.75 Å². The summed E-state index contributed by atoms with van der Waals surface area (Å²) < 4.78 is 24.0. The van der Waals surface area contributed by atoms with Crippen molar-refractivity contribution in [3.63, 3.8) is 0 Å². The van der Waals surface area contributed by atoms with Gasteiger partial charge in [0.1, 0.15) is 10.9 Å². The minimum absolute atomic E-state index is 0.194. The molecule has 0 aliphatic rings. The Balaban J connectivity index is 3.44. The van der Waals surface area contributed by atoms with Crippen LogP contribution in [0.2, 0.25) is 0 Å². The molecule has 0 radical (unpaired) electrons. The molecule has 1 aromatic carbocycles. The van der Waals surface area contributed by atoms with Crippen LogP contribution in [0.25, 0.3) is 6.08 Å². The fourth-order valence-corrected chi connectivity index (χ4v) is 4.85. The van der Waals surface area contributed by atoms with Gasteiger partial charge in [-0.25, -0.2) is 0 Å². The van der Waals surface area contributed by atoms with Gasteiger partial charge in [-0.1, -0.05) is 47.6 Å². The third-order valence-electron chi connectivity index (χ3n) is 5.06. The van der Waals surface area contributed by atoms with Gasteiger partial charge in [-0.15, -0.1) is 0 Å². The lowest BCUT2D eigenvalue weighted by atomic mass is 9.78. The second-order valence-electron chi connectivity index (χ2n) is 10.1. The smallest absolute Gasteiger partial charge is 0.343 e. The fourth-order valence-electron chi connectivity index (χ4n) is 3.11. The first-order chi connectivity index (χ1) is 13.5. The van der Waals surface area contributed by atoms with Crippen molar-refractivity contribution >= 4 is 19.5 Å². The lowest BCUT2D eigenvalue weighted by molar-refractivity contribution is -0.116. The normalized spacial score (nSPS) is 13.8. The van der Waals surface area contributed by atoms with E-state index in [9.17, 15) is 14.5 Å². The number of ketones is 1. The SMILES string of the molecule is CCOP(=O)(OCC)C(C)(C)C(=O)/C=C/c1cc(C(C)(C)C)c(O)c(C(C)(C)C)c1. The van der Waals surface area contributed by atoms with Crippen molar-refractivity contribution in [2.45, 2.75) is 85.2 Å². The van der Waals surface area contributed by atoms with Crippen LogP contribution in [0.4, 0.5) is 0 Å². The van der Waals surface area contributed by atoms with Crippen molar-refractivity contribution in [3.05, 3.63) is 34.9 Å². The number of rotatable bonds is 8. The monoisotopic (exact) mass is 438 g/mol. The van der Waals surface area contributed by atoms with E-state index in [-0.39, 0.29) is 35.6 Å². The summed E-state index contributed by atoms with van der Waals surface area (Å²) in [6.45, 7) is 19.2. The molecular weight excluding hydrogens is 399 g/mol. The molecule has 0 saturated carbocycles. The summed E-state index contributed by atoms with van der Waals surface area (Å²) >= 11 is 0. The Morgan fingerprint density at radius 2 is 1.33 bits per heavy atom. The number of allylic oxidation sites excluding steroid dienone is 1. The van der Waals surface area contributed by atoms with Crippen LogP contribution in [0.15, 0.2) is 18.2 Å². The first-order valence-electron chi connectivity index (χ1n) is 10.5. The number of hydrogen-bond donors (Lipinski definition) is 1. The standard InChI is InChI=1S/C24H39O5P/c1-11-28-30(27,29-12-2)24(9,10)20(25)14-13-17-15-18(22(3,4)5)21(26)19(16-17)23(6,7)8/h13-16,26H,11-12H2,1-10H3/b14-13+. The molecule has 0 atom stereocenters. The fraction of sp³-hybridized carbons (Fsp3) is 0.625. The van der Waals surface area contributed by atoms with E-state index < -0.39 is 12.8 Å². The number of hydrogen-bond acceptors (Lipinski definition) is 5. The summed E-state index contributed by atoms with van der Waals surface area (Å²) in [7, 11) is -3.62. The maximum absolute atomic E-state index is 13.2. The second-order valence-corrected chi connectivity index (χ2v) is 12.7. The highest BCUT2D eigenvalue weighted by atomic mass is 31.2. The van der Waals surface area contributed by atoms with Crippen LogP contribution >= 0.6 is 7.60 Å². The zero-order valence-electron chi connectivity index (χ0n) is 20.3. The number of carbonyl (C=O) groups is 1. The van der Waals surface area contributed by atoms with Gasteiger partial charge in [0, 0.05) is 11.1 Å². The quantitative estimate of drug-likeness (QED) is 0.365. The van der Waals surface area contributed by atoms with Gasteiger partial charge in [0.15, 0.2) is 5.78 Å². The second kappa shape index (κ2) is 9.38. The van der Waals surface area contributed by atoms with Crippen molar-refractivity contribution in [3.8, 4) is 5.75 Å². The van der Waals surface area contributed by atoms with Crippen LogP contribution in [-0.4, -0.2) is 29.3 Å². The zero-order chi connectivity index (χ0) is 23.5. The van der Waals surface area contributed by atoms with Gasteiger partial charge in [0.2, 0.25) is 0 Å². The molecule has 0 aliphatic heterocycles. The zero-order valence-corrected chi connectivity index (χ0v) is 21.1. The summed E-state index contributed by atoms with van der Waals surface area (Å²) in [6, 6.07) is 3.79. The van der Waals surface area contributed by atoms with Gasteiger partial charge < -0.3 is 14.2 Å². The van der Waals surface area contributed by atoms with Crippen molar-refractivity contribution in [1.82, 2.24) is 0 Å². The molecule has 0 heterocycles. The molecule has 0 unspecified atom stereocenters. The number of phenolic OH excluding ortho intramolecular Hbond substituents is 1. The largest absolute Gasteiger partial charge is 0.507 e. The Morgan fingerprint density at radius 3 is 1.67 bits per heavy atom. The number of carbonyl (C=O) groups excluding carboxylic acids is 1. The number of aromatic hydroxyl groups is 1. The third kappa shape index (κ3) is 5.84. The summed E-state index contributed by atoms with van der Waals surface area (Å²) in [5.41, 5.74) is 1.90. The predicted molar refractivity (Wildman–Crippen MR) is 124 cm³/mol. The molecule has 0 amide bonds. The molecule has 5 nitrogen and oxygen atoms in total. The summed E-state index contributed by atoms with van der Waals surface area (Å²) in [5.74, 6) is -0.0496.